The second-order valence-electron chi connectivity index (χ2n) is 10.3. The van der Waals surface area contributed by atoms with Gasteiger partial charge >= 0.3 is 0 Å². The van der Waals surface area contributed by atoms with Crippen LogP contribution in [-0.4, -0.2) is 0 Å². The van der Waals surface area contributed by atoms with E-state index in [-0.39, 0.29) is 5.41 Å². The maximum absolute atomic E-state index is 2.46. The molecule has 2 aliphatic rings. The van der Waals surface area contributed by atoms with Crippen molar-refractivity contribution in [3.05, 3.63) is 143 Å². The maximum Gasteiger partial charge on any atom is 0.0461 e. The smallest absolute Gasteiger partial charge is 0.0461 e. The van der Waals surface area contributed by atoms with Gasteiger partial charge in [0.1, 0.15) is 0 Å². The Morgan fingerprint density at radius 3 is 2.00 bits per heavy atom. The summed E-state index contributed by atoms with van der Waals surface area (Å²) in [5.74, 6) is 0.477. The van der Waals surface area contributed by atoms with Crippen LogP contribution in [0.15, 0.2) is 127 Å². The van der Waals surface area contributed by atoms with E-state index in [0.717, 1.165) is 6.42 Å². The van der Waals surface area contributed by atoms with Crippen LogP contribution in [0.4, 0.5) is 11.4 Å². The van der Waals surface area contributed by atoms with E-state index >= 15 is 0 Å². The Bertz CT molecular complexity index is 1420. The minimum absolute atomic E-state index is 0.0386. The maximum atomic E-state index is 2.46. The van der Waals surface area contributed by atoms with Gasteiger partial charge in [0.05, 0.1) is 0 Å². The zero-order valence-electron chi connectivity index (χ0n) is 20.7. The summed E-state index contributed by atoms with van der Waals surface area (Å²) in [4.78, 5) is 2.41. The number of anilines is 2. The van der Waals surface area contributed by atoms with Gasteiger partial charge in [0.15, 0.2) is 0 Å². The van der Waals surface area contributed by atoms with Gasteiger partial charge in [-0.2, -0.15) is 0 Å². The lowest BCUT2D eigenvalue weighted by atomic mass is 9.78. The molecule has 2 aliphatic carbocycles. The van der Waals surface area contributed by atoms with E-state index in [1.54, 1.807) is 0 Å². The molecule has 0 bridgehead atoms. The summed E-state index contributed by atoms with van der Waals surface area (Å²) in [6.45, 7) is 6.91. The molecule has 0 spiro atoms. The summed E-state index contributed by atoms with van der Waals surface area (Å²) in [6, 6.07) is 37.4. The lowest BCUT2D eigenvalue weighted by Gasteiger charge is -2.33. The highest BCUT2D eigenvalue weighted by Crippen LogP contribution is 2.54. The predicted octanol–water partition coefficient (Wildman–Crippen LogP) is 9.09. The van der Waals surface area contributed by atoms with Crippen molar-refractivity contribution in [2.75, 3.05) is 4.90 Å². The molecule has 0 saturated carbocycles. The molecular formula is C34H31N. The number of hydrogen-bond acceptors (Lipinski definition) is 1. The van der Waals surface area contributed by atoms with Crippen LogP contribution >= 0.6 is 0 Å². The van der Waals surface area contributed by atoms with Gasteiger partial charge in [-0.05, 0) is 65.9 Å². The lowest BCUT2D eigenvalue weighted by molar-refractivity contribution is 0.609. The van der Waals surface area contributed by atoms with Gasteiger partial charge in [0.25, 0.3) is 0 Å². The van der Waals surface area contributed by atoms with Crippen molar-refractivity contribution >= 4 is 11.4 Å². The van der Waals surface area contributed by atoms with Crippen LogP contribution in [0, 0.1) is 6.92 Å². The SMILES string of the molecule is Cc1ccc(N(C2=CCC3C(=C2)C(C)(C)c2ccccc23)c2ccc(-c3ccccc3)cc2)cc1. The summed E-state index contributed by atoms with van der Waals surface area (Å²) >= 11 is 0. The fourth-order valence-corrected chi connectivity index (χ4v) is 5.85. The van der Waals surface area contributed by atoms with Crippen LogP contribution in [0.1, 0.15) is 42.9 Å². The summed E-state index contributed by atoms with van der Waals surface area (Å²) < 4.78 is 0. The van der Waals surface area contributed by atoms with E-state index in [9.17, 15) is 0 Å². The van der Waals surface area contributed by atoms with Crippen LogP contribution in [0.3, 0.4) is 0 Å². The second kappa shape index (κ2) is 8.43. The highest BCUT2D eigenvalue weighted by molar-refractivity contribution is 5.75. The first-order valence-corrected chi connectivity index (χ1v) is 12.6. The molecule has 0 saturated heterocycles. The molecule has 0 N–H and O–H groups in total. The number of fused-ring (bicyclic) bond motifs is 3. The standard InChI is InChI=1S/C34H31N/c1-24-13-17-27(18-14-24)35(28-19-15-26(16-20-28)25-9-5-4-6-10-25)29-21-22-31-30-11-7-8-12-32(30)34(2,3)33(31)23-29/h4-21,23,31H,22H2,1-3H3. The first kappa shape index (κ1) is 21.7. The number of hydrogen-bond donors (Lipinski definition) is 0. The van der Waals surface area contributed by atoms with E-state index in [1.165, 1.54) is 50.5 Å². The Balaban J connectivity index is 1.43. The van der Waals surface area contributed by atoms with E-state index in [0.29, 0.717) is 5.92 Å². The van der Waals surface area contributed by atoms with Crippen molar-refractivity contribution < 1.29 is 0 Å². The number of allylic oxidation sites excluding steroid dienone is 3. The summed E-state index contributed by atoms with van der Waals surface area (Å²) in [5.41, 5.74) is 11.9. The van der Waals surface area contributed by atoms with Crippen LogP contribution in [0.2, 0.25) is 0 Å². The minimum atomic E-state index is 0.0386. The van der Waals surface area contributed by atoms with Crippen molar-refractivity contribution in [2.24, 2.45) is 0 Å². The monoisotopic (exact) mass is 453 g/mol. The fourth-order valence-electron chi connectivity index (χ4n) is 5.85. The Morgan fingerprint density at radius 1 is 0.686 bits per heavy atom. The molecule has 172 valence electrons. The van der Waals surface area contributed by atoms with Crippen molar-refractivity contribution in [2.45, 2.75) is 38.5 Å². The molecular weight excluding hydrogens is 422 g/mol. The highest BCUT2D eigenvalue weighted by Gasteiger charge is 2.42. The third kappa shape index (κ3) is 3.72. The molecule has 1 heteroatoms. The normalized spacial score (nSPS) is 17.7. The van der Waals surface area contributed by atoms with Gasteiger partial charge < -0.3 is 4.90 Å². The molecule has 0 heterocycles. The minimum Gasteiger partial charge on any atom is -0.311 e. The van der Waals surface area contributed by atoms with Crippen LogP contribution < -0.4 is 4.90 Å². The highest BCUT2D eigenvalue weighted by atomic mass is 15.1. The van der Waals surface area contributed by atoms with Crippen molar-refractivity contribution in [1.82, 2.24) is 0 Å². The van der Waals surface area contributed by atoms with Crippen LogP contribution in [0.25, 0.3) is 11.1 Å². The predicted molar refractivity (Wildman–Crippen MR) is 148 cm³/mol. The Morgan fingerprint density at radius 2 is 1.29 bits per heavy atom. The number of nitrogens with zero attached hydrogens (tertiary/aromatic N) is 1. The van der Waals surface area contributed by atoms with E-state index in [1.807, 2.05) is 0 Å². The van der Waals surface area contributed by atoms with Gasteiger partial charge in [-0.25, -0.2) is 0 Å². The molecule has 0 aliphatic heterocycles. The van der Waals surface area contributed by atoms with Gasteiger partial charge in [0.2, 0.25) is 0 Å². The van der Waals surface area contributed by atoms with E-state index < -0.39 is 0 Å². The molecule has 0 aromatic heterocycles. The van der Waals surface area contributed by atoms with Gasteiger partial charge in [-0.1, -0.05) is 110 Å². The summed E-state index contributed by atoms with van der Waals surface area (Å²) in [5, 5.41) is 0. The first-order chi connectivity index (χ1) is 17.0. The molecule has 1 unspecified atom stereocenters. The molecule has 0 radical (unpaired) electrons. The molecule has 35 heavy (non-hydrogen) atoms. The Kier molecular flexibility index (Phi) is 5.22. The average molecular weight is 454 g/mol. The topological polar surface area (TPSA) is 3.24 Å². The molecule has 4 aromatic rings. The van der Waals surface area contributed by atoms with E-state index in [2.05, 4.69) is 141 Å². The largest absolute Gasteiger partial charge is 0.311 e. The van der Waals surface area contributed by atoms with E-state index in [4.69, 9.17) is 0 Å². The van der Waals surface area contributed by atoms with Crippen molar-refractivity contribution in [3.63, 3.8) is 0 Å². The molecule has 4 aromatic carbocycles. The fraction of sp³-hybridized carbons (Fsp3) is 0.176. The van der Waals surface area contributed by atoms with Gasteiger partial charge in [0, 0.05) is 28.4 Å². The second-order valence-corrected chi connectivity index (χ2v) is 10.3. The number of rotatable bonds is 4. The summed E-state index contributed by atoms with van der Waals surface area (Å²) in [7, 11) is 0. The molecule has 1 atom stereocenters. The quantitative estimate of drug-likeness (QED) is 0.298. The summed E-state index contributed by atoms with van der Waals surface area (Å²) in [6.07, 6.45) is 5.92. The third-order valence-electron chi connectivity index (χ3n) is 7.76. The van der Waals surface area contributed by atoms with Crippen molar-refractivity contribution in [3.8, 4) is 11.1 Å². The number of aryl methyl sites for hydroxylation is 1. The average Bonchev–Trinajstić information content (AvgIpc) is 3.13. The first-order valence-electron chi connectivity index (χ1n) is 12.6. The molecule has 0 amide bonds. The lowest BCUT2D eigenvalue weighted by Crippen LogP contribution is -2.22. The molecule has 6 rings (SSSR count). The Hall–Kier alpha value is -3.84. The Labute approximate surface area is 209 Å². The zero-order valence-corrected chi connectivity index (χ0v) is 20.7. The third-order valence-corrected chi connectivity index (χ3v) is 7.76. The zero-order chi connectivity index (χ0) is 24.0. The number of benzene rings is 4. The van der Waals surface area contributed by atoms with Crippen molar-refractivity contribution in [1.29, 1.82) is 0 Å². The van der Waals surface area contributed by atoms with Gasteiger partial charge in [-0.15, -0.1) is 0 Å². The van der Waals surface area contributed by atoms with Crippen LogP contribution in [0.5, 0.6) is 0 Å². The van der Waals surface area contributed by atoms with Gasteiger partial charge in [-0.3, -0.25) is 0 Å². The van der Waals surface area contributed by atoms with Crippen LogP contribution in [-0.2, 0) is 5.41 Å². The molecule has 0 fully saturated rings. The molecule has 1 nitrogen and oxygen atoms in total.